The maximum atomic E-state index is 13.8. The van der Waals surface area contributed by atoms with E-state index in [4.69, 9.17) is 21.1 Å². The van der Waals surface area contributed by atoms with Gasteiger partial charge in [0, 0.05) is 11.1 Å². The maximum absolute atomic E-state index is 13.8. The fraction of sp³-hybridized carbons (Fsp3) is 0.500. The highest BCUT2D eigenvalue weighted by Gasteiger charge is 2.45. The van der Waals surface area contributed by atoms with Crippen LogP contribution in [0, 0.1) is 17.5 Å². The molecule has 0 amide bonds. The van der Waals surface area contributed by atoms with Crippen LogP contribution >= 0.6 is 11.6 Å². The van der Waals surface area contributed by atoms with Crippen LogP contribution in [0.4, 0.5) is 13.2 Å². The largest absolute Gasteiger partial charge is 0.462 e. The van der Waals surface area contributed by atoms with Crippen molar-refractivity contribution in [1.82, 2.24) is 10.9 Å². The first kappa shape index (κ1) is 25.3. The maximum Gasteiger partial charge on any atom is 0.304 e. The number of nitrogens with one attached hydrogen (secondary N) is 2. The summed E-state index contributed by atoms with van der Waals surface area (Å²) in [4.78, 5) is 9.17. The molecule has 6 rings (SSSR count). The number of rotatable bonds is 8. The predicted molar refractivity (Wildman–Crippen MR) is 139 cm³/mol. The third kappa shape index (κ3) is 5.58. The first-order chi connectivity index (χ1) is 18.3. The Balaban J connectivity index is 0.962. The van der Waals surface area contributed by atoms with Gasteiger partial charge in [-0.15, -0.1) is 0 Å². The number of hydrogen-bond donors (Lipinski definition) is 2. The van der Waals surface area contributed by atoms with E-state index in [9.17, 15) is 13.2 Å². The molecule has 2 aliphatic carbocycles. The first-order valence-electron chi connectivity index (χ1n) is 13.2. The molecule has 0 spiro atoms. The summed E-state index contributed by atoms with van der Waals surface area (Å²) < 4.78 is 52.5. The lowest BCUT2D eigenvalue weighted by Gasteiger charge is -2.17. The van der Waals surface area contributed by atoms with Crippen LogP contribution in [-0.2, 0) is 20.3 Å². The van der Waals surface area contributed by atoms with Gasteiger partial charge >= 0.3 is 12.0 Å². The van der Waals surface area contributed by atoms with E-state index in [0.29, 0.717) is 30.3 Å². The summed E-state index contributed by atoms with van der Waals surface area (Å²) in [6, 6.07) is 9.32. The summed E-state index contributed by atoms with van der Waals surface area (Å²) in [5, 5.41) is 0.430. The second-order valence-corrected chi connectivity index (χ2v) is 11.4. The van der Waals surface area contributed by atoms with E-state index >= 15 is 0 Å². The van der Waals surface area contributed by atoms with Crippen molar-refractivity contribution in [3.63, 3.8) is 0 Å². The third-order valence-electron chi connectivity index (χ3n) is 8.27. The molecule has 2 fully saturated rings. The monoisotopic (exact) mass is 546 g/mol. The Kier molecular flexibility index (Phi) is 6.66. The van der Waals surface area contributed by atoms with Crippen molar-refractivity contribution < 1.29 is 22.6 Å². The molecule has 2 aliphatic heterocycles. The Morgan fingerprint density at radius 3 is 1.61 bits per heavy atom. The minimum atomic E-state index is -0.533. The molecule has 2 aromatic carbocycles. The van der Waals surface area contributed by atoms with Crippen molar-refractivity contribution >= 4 is 23.6 Å². The summed E-state index contributed by atoms with van der Waals surface area (Å²) >= 11 is 6.06. The average Bonchev–Trinajstić information content (AvgIpc) is 3.75. The molecular formula is C28H30ClF3N4O2. The van der Waals surface area contributed by atoms with Crippen LogP contribution in [0.25, 0.3) is 0 Å². The minimum Gasteiger partial charge on any atom is -0.462 e. The van der Waals surface area contributed by atoms with E-state index in [1.807, 2.05) is 6.07 Å². The zero-order valence-corrected chi connectivity index (χ0v) is 21.7. The SMILES string of the molecule is Fc1cc(F)cc(C2(CCC3COC(NNC4=N[C@@H](CCC5(c6cc(F)cc(Cl)c6)CC5)CO4)=N3)CC2)c1. The number of hydrogen-bond acceptors (Lipinski definition) is 6. The average molecular weight is 547 g/mol. The molecule has 0 radical (unpaired) electrons. The third-order valence-corrected chi connectivity index (χ3v) is 8.49. The molecule has 1 unspecified atom stereocenters. The van der Waals surface area contributed by atoms with Gasteiger partial charge in [-0.3, -0.25) is 0 Å². The van der Waals surface area contributed by atoms with Gasteiger partial charge in [0.15, 0.2) is 0 Å². The van der Waals surface area contributed by atoms with Crippen LogP contribution in [0.5, 0.6) is 0 Å². The van der Waals surface area contributed by atoms with E-state index in [0.717, 1.165) is 68.6 Å². The smallest absolute Gasteiger partial charge is 0.304 e. The molecule has 10 heteroatoms. The van der Waals surface area contributed by atoms with Gasteiger partial charge in [-0.25, -0.2) is 34.0 Å². The molecule has 2 aromatic rings. The van der Waals surface area contributed by atoms with Crippen LogP contribution in [0.2, 0.25) is 5.02 Å². The lowest BCUT2D eigenvalue weighted by Crippen LogP contribution is -2.41. The quantitative estimate of drug-likeness (QED) is 0.418. The van der Waals surface area contributed by atoms with E-state index in [2.05, 4.69) is 20.8 Å². The Hall–Kier alpha value is -2.94. The van der Waals surface area contributed by atoms with E-state index in [-0.39, 0.29) is 28.7 Å². The Bertz CT molecular complexity index is 1140. The van der Waals surface area contributed by atoms with Crippen LogP contribution in [0.1, 0.15) is 62.5 Å². The Morgan fingerprint density at radius 1 is 0.711 bits per heavy atom. The van der Waals surface area contributed by atoms with E-state index < -0.39 is 11.6 Å². The van der Waals surface area contributed by atoms with Gasteiger partial charge in [0.05, 0.1) is 12.1 Å². The van der Waals surface area contributed by atoms with Gasteiger partial charge in [0.2, 0.25) is 0 Å². The molecule has 38 heavy (non-hydrogen) atoms. The summed E-state index contributed by atoms with van der Waals surface area (Å²) in [5.41, 5.74) is 7.38. The Morgan fingerprint density at radius 2 is 1.16 bits per heavy atom. The van der Waals surface area contributed by atoms with Crippen molar-refractivity contribution in [2.75, 3.05) is 13.2 Å². The summed E-state index contributed by atoms with van der Waals surface area (Å²) in [6.07, 6.45) is 7.19. The number of aliphatic imine (C=N–C) groups is 2. The highest BCUT2D eigenvalue weighted by molar-refractivity contribution is 6.30. The lowest BCUT2D eigenvalue weighted by molar-refractivity contribution is 0.280. The van der Waals surface area contributed by atoms with Gasteiger partial charge in [-0.1, -0.05) is 11.6 Å². The Labute approximate surface area is 224 Å². The zero-order chi connectivity index (χ0) is 26.3. The van der Waals surface area contributed by atoms with Gasteiger partial charge in [0.1, 0.15) is 30.7 Å². The van der Waals surface area contributed by atoms with Gasteiger partial charge in [-0.2, -0.15) is 0 Å². The summed E-state index contributed by atoms with van der Waals surface area (Å²) in [6.45, 7) is 0.919. The van der Waals surface area contributed by atoms with Crippen LogP contribution in [0.15, 0.2) is 46.4 Å². The molecular weight excluding hydrogens is 517 g/mol. The lowest BCUT2D eigenvalue weighted by atomic mass is 9.89. The molecule has 4 aliphatic rings. The molecule has 2 atom stereocenters. The molecule has 0 saturated heterocycles. The van der Waals surface area contributed by atoms with Gasteiger partial charge < -0.3 is 9.47 Å². The van der Waals surface area contributed by atoms with Crippen molar-refractivity contribution in [1.29, 1.82) is 0 Å². The zero-order valence-electron chi connectivity index (χ0n) is 20.9. The van der Waals surface area contributed by atoms with Crippen LogP contribution in [-0.4, -0.2) is 37.3 Å². The minimum absolute atomic E-state index is 0.0149. The molecule has 0 bridgehead atoms. The standard InChI is InChI=1S/C28H30ClF3N4O2/c29-19-9-17(10-20(30)13-19)27(5-6-27)3-1-23-15-37-25(33-23)35-36-26-34-24(16-38-26)2-4-28(7-8-28)18-11-21(31)14-22(32)12-18/h9-14,23-24H,1-8,15-16H2,(H,33,35)(H,34,36)/t23-,24?/m0/s1. The molecule has 2 heterocycles. The number of nitrogens with zero attached hydrogens (tertiary/aromatic N) is 2. The molecule has 202 valence electrons. The fourth-order valence-corrected chi connectivity index (χ4v) is 5.87. The summed E-state index contributed by atoms with van der Waals surface area (Å²) in [7, 11) is 0. The summed E-state index contributed by atoms with van der Waals surface area (Å²) in [5.74, 6) is -1.37. The van der Waals surface area contributed by atoms with E-state index in [1.54, 1.807) is 6.07 Å². The first-order valence-corrected chi connectivity index (χ1v) is 13.6. The number of benzene rings is 2. The molecule has 6 nitrogen and oxygen atoms in total. The number of halogens is 4. The molecule has 2 N–H and O–H groups in total. The topological polar surface area (TPSA) is 67.2 Å². The predicted octanol–water partition coefficient (Wildman–Crippen LogP) is 5.68. The second kappa shape index (κ2) is 9.98. The highest BCUT2D eigenvalue weighted by atomic mass is 35.5. The number of amidine groups is 2. The molecule has 0 aromatic heterocycles. The second-order valence-electron chi connectivity index (χ2n) is 11.0. The van der Waals surface area contributed by atoms with E-state index in [1.165, 1.54) is 18.2 Å². The fourth-order valence-electron chi connectivity index (χ4n) is 5.64. The highest BCUT2D eigenvalue weighted by Crippen LogP contribution is 2.53. The number of ether oxygens (including phenoxy) is 2. The van der Waals surface area contributed by atoms with Crippen LogP contribution < -0.4 is 10.9 Å². The van der Waals surface area contributed by atoms with Crippen molar-refractivity contribution in [3.05, 3.63) is 70.0 Å². The van der Waals surface area contributed by atoms with Gasteiger partial charge in [0.25, 0.3) is 0 Å². The molecule has 2 saturated carbocycles. The normalized spacial score (nSPS) is 24.2. The van der Waals surface area contributed by atoms with Gasteiger partial charge in [-0.05, 0) is 104 Å². The number of hydrazine groups is 1. The van der Waals surface area contributed by atoms with Crippen molar-refractivity contribution in [2.45, 2.75) is 74.3 Å². The van der Waals surface area contributed by atoms with Crippen molar-refractivity contribution in [3.8, 4) is 0 Å². The van der Waals surface area contributed by atoms with Crippen LogP contribution in [0.3, 0.4) is 0 Å². The van der Waals surface area contributed by atoms with Crippen molar-refractivity contribution in [2.24, 2.45) is 9.98 Å².